The third-order valence-electron chi connectivity index (χ3n) is 6.99. The van der Waals surface area contributed by atoms with E-state index in [2.05, 4.69) is 6.07 Å². The molecule has 2 aliphatic rings. The largest absolute Gasteiger partial charge is 0.491 e. The van der Waals surface area contributed by atoms with E-state index in [4.69, 9.17) is 23.7 Å². The summed E-state index contributed by atoms with van der Waals surface area (Å²) in [4.78, 5) is 13.4. The summed E-state index contributed by atoms with van der Waals surface area (Å²) in [5.74, 6) is 1.33. The summed E-state index contributed by atoms with van der Waals surface area (Å²) in [6.07, 6.45) is 0. The second-order valence-corrected chi connectivity index (χ2v) is 9.30. The number of hydrogen-bond acceptors (Lipinski definition) is 6. The summed E-state index contributed by atoms with van der Waals surface area (Å²) in [5.41, 5.74) is 6.23. The molecule has 0 saturated heterocycles. The zero-order valence-electron chi connectivity index (χ0n) is 21.6. The number of carbonyl (C=O) groups excluding carboxylic acids is 1. The molecule has 0 amide bonds. The maximum Gasteiger partial charge on any atom is 0.335 e. The lowest BCUT2D eigenvalue weighted by Crippen LogP contribution is -2.13. The van der Waals surface area contributed by atoms with Gasteiger partial charge in [0, 0.05) is 17.1 Å². The minimum atomic E-state index is -0.384. The third-order valence-corrected chi connectivity index (χ3v) is 6.99. The van der Waals surface area contributed by atoms with E-state index < -0.39 is 0 Å². The van der Waals surface area contributed by atoms with E-state index in [1.165, 1.54) is 7.11 Å². The molecule has 4 aromatic carbocycles. The van der Waals surface area contributed by atoms with Crippen LogP contribution in [0.15, 0.2) is 103 Å². The van der Waals surface area contributed by atoms with E-state index in [1.54, 1.807) is 0 Å². The van der Waals surface area contributed by atoms with Gasteiger partial charge in [0.05, 0.1) is 25.9 Å². The first-order valence-electron chi connectivity index (χ1n) is 12.9. The number of rotatable bonds is 9. The zero-order chi connectivity index (χ0) is 26.6. The predicted molar refractivity (Wildman–Crippen MR) is 147 cm³/mol. The quantitative estimate of drug-likeness (QED) is 0.195. The summed E-state index contributed by atoms with van der Waals surface area (Å²) >= 11 is 0. The lowest BCUT2D eigenvalue weighted by atomic mass is 9.88. The number of ether oxygens (including phenoxy) is 5. The fourth-order valence-electron chi connectivity index (χ4n) is 5.25. The van der Waals surface area contributed by atoms with E-state index in [0.717, 1.165) is 33.4 Å². The van der Waals surface area contributed by atoms with Gasteiger partial charge in [-0.1, -0.05) is 78.9 Å². The van der Waals surface area contributed by atoms with Gasteiger partial charge < -0.3 is 23.7 Å². The smallest absolute Gasteiger partial charge is 0.335 e. The second kappa shape index (κ2) is 11.1. The molecule has 1 atom stereocenters. The van der Waals surface area contributed by atoms with Crippen LogP contribution in [0, 0.1) is 0 Å². The zero-order valence-corrected chi connectivity index (χ0v) is 21.6. The molecule has 0 fully saturated rings. The SMILES string of the molecule is COC(=O)C1=C(c2ccccc2OCCOCc2ccccc2)c2ccccc2[C@@H]1c1ccc2c(c1)OCO2. The molecule has 196 valence electrons. The molecule has 6 rings (SSSR count). The molecule has 6 nitrogen and oxygen atoms in total. The van der Waals surface area contributed by atoms with Crippen molar-refractivity contribution in [2.45, 2.75) is 12.5 Å². The summed E-state index contributed by atoms with van der Waals surface area (Å²) in [7, 11) is 1.42. The molecule has 6 heteroatoms. The minimum Gasteiger partial charge on any atom is -0.491 e. The van der Waals surface area contributed by atoms with Gasteiger partial charge >= 0.3 is 5.97 Å². The van der Waals surface area contributed by atoms with Crippen LogP contribution < -0.4 is 14.2 Å². The van der Waals surface area contributed by atoms with Gasteiger partial charge in [-0.2, -0.15) is 0 Å². The molecule has 0 radical (unpaired) electrons. The van der Waals surface area contributed by atoms with Crippen LogP contribution in [0.4, 0.5) is 0 Å². The number of esters is 1. The Hall–Kier alpha value is -4.55. The first-order valence-corrected chi connectivity index (χ1v) is 12.9. The highest BCUT2D eigenvalue weighted by Gasteiger charge is 2.38. The molecule has 0 N–H and O–H groups in total. The molecule has 0 bridgehead atoms. The van der Waals surface area contributed by atoms with Crippen LogP contribution in [0.3, 0.4) is 0 Å². The highest BCUT2D eigenvalue weighted by Crippen LogP contribution is 2.51. The van der Waals surface area contributed by atoms with Crippen LogP contribution in [0.5, 0.6) is 17.2 Å². The van der Waals surface area contributed by atoms with E-state index in [9.17, 15) is 4.79 Å². The van der Waals surface area contributed by atoms with Gasteiger partial charge in [0.1, 0.15) is 12.4 Å². The molecular formula is C33H28O6. The fraction of sp³-hybridized carbons (Fsp3) is 0.182. The molecule has 0 unspecified atom stereocenters. The Labute approximate surface area is 227 Å². The monoisotopic (exact) mass is 520 g/mol. The first-order chi connectivity index (χ1) is 19.2. The van der Waals surface area contributed by atoms with E-state index in [-0.39, 0.29) is 18.7 Å². The molecule has 0 saturated carbocycles. The Balaban J connectivity index is 1.35. The summed E-state index contributed by atoms with van der Waals surface area (Å²) in [6, 6.07) is 31.7. The minimum absolute atomic E-state index is 0.185. The molecule has 39 heavy (non-hydrogen) atoms. The van der Waals surface area contributed by atoms with Crippen molar-refractivity contribution in [1.29, 1.82) is 0 Å². The van der Waals surface area contributed by atoms with Crippen molar-refractivity contribution in [2.75, 3.05) is 27.1 Å². The lowest BCUT2D eigenvalue weighted by Gasteiger charge is -2.17. The van der Waals surface area contributed by atoms with Crippen molar-refractivity contribution >= 4 is 11.5 Å². The molecule has 0 aromatic heterocycles. The van der Waals surface area contributed by atoms with Crippen LogP contribution in [-0.4, -0.2) is 33.1 Å². The summed E-state index contributed by atoms with van der Waals surface area (Å²) < 4.78 is 28.5. The predicted octanol–water partition coefficient (Wildman–Crippen LogP) is 6.13. The Bertz CT molecular complexity index is 1520. The highest BCUT2D eigenvalue weighted by molar-refractivity contribution is 6.08. The topological polar surface area (TPSA) is 63.2 Å². The van der Waals surface area contributed by atoms with Crippen molar-refractivity contribution in [1.82, 2.24) is 0 Å². The standard InChI is InChI=1S/C33H28O6/c1-35-33(34)32-30(23-15-16-28-29(19-23)39-21-38-28)24-11-5-6-12-25(24)31(32)26-13-7-8-14-27(26)37-18-17-36-20-22-9-3-2-4-10-22/h2-16,19,30H,17-18,20-21H2,1H3/t30-/m0/s1. The van der Waals surface area contributed by atoms with Crippen LogP contribution in [0.1, 0.15) is 33.7 Å². The first kappa shape index (κ1) is 24.8. The number of para-hydroxylation sites is 1. The van der Waals surface area contributed by atoms with Crippen molar-refractivity contribution in [3.8, 4) is 17.2 Å². The van der Waals surface area contributed by atoms with Crippen LogP contribution in [0.25, 0.3) is 5.57 Å². The van der Waals surface area contributed by atoms with E-state index in [1.807, 2.05) is 91.0 Å². The average molecular weight is 521 g/mol. The summed E-state index contributed by atoms with van der Waals surface area (Å²) in [6.45, 7) is 1.51. The van der Waals surface area contributed by atoms with Crippen LogP contribution in [0.2, 0.25) is 0 Å². The van der Waals surface area contributed by atoms with Gasteiger partial charge in [0.15, 0.2) is 11.5 Å². The van der Waals surface area contributed by atoms with Gasteiger partial charge in [-0.25, -0.2) is 4.79 Å². The van der Waals surface area contributed by atoms with Gasteiger partial charge in [-0.05, 0) is 40.5 Å². The number of methoxy groups -OCH3 is 1. The molecule has 0 spiro atoms. The maximum atomic E-state index is 13.4. The van der Waals surface area contributed by atoms with Crippen molar-refractivity contribution in [3.05, 3.63) is 130 Å². The van der Waals surface area contributed by atoms with Gasteiger partial charge in [-0.3, -0.25) is 0 Å². The number of fused-ring (bicyclic) bond motifs is 2. The maximum absolute atomic E-state index is 13.4. The van der Waals surface area contributed by atoms with Crippen molar-refractivity contribution < 1.29 is 28.5 Å². The highest BCUT2D eigenvalue weighted by atomic mass is 16.7. The third kappa shape index (κ3) is 4.87. The Morgan fingerprint density at radius 1 is 0.821 bits per heavy atom. The molecular weight excluding hydrogens is 492 g/mol. The molecule has 1 aliphatic carbocycles. The number of benzene rings is 4. The van der Waals surface area contributed by atoms with E-state index >= 15 is 0 Å². The number of carbonyl (C=O) groups is 1. The second-order valence-electron chi connectivity index (χ2n) is 9.30. The van der Waals surface area contributed by atoms with Gasteiger partial charge in [-0.15, -0.1) is 0 Å². The molecule has 4 aromatic rings. The Morgan fingerprint density at radius 3 is 2.41 bits per heavy atom. The molecule has 1 aliphatic heterocycles. The number of hydrogen-bond donors (Lipinski definition) is 0. The van der Waals surface area contributed by atoms with Crippen LogP contribution >= 0.6 is 0 Å². The van der Waals surface area contributed by atoms with Gasteiger partial charge in [0.2, 0.25) is 6.79 Å². The average Bonchev–Trinajstić information content (AvgIpc) is 3.59. The Morgan fingerprint density at radius 2 is 1.56 bits per heavy atom. The Kier molecular flexibility index (Phi) is 7.02. The normalized spacial score (nSPS) is 15.3. The van der Waals surface area contributed by atoms with Crippen LogP contribution in [-0.2, 0) is 20.9 Å². The molecule has 1 heterocycles. The lowest BCUT2D eigenvalue weighted by molar-refractivity contribution is -0.136. The fourth-order valence-corrected chi connectivity index (χ4v) is 5.25. The van der Waals surface area contributed by atoms with E-state index in [0.29, 0.717) is 42.6 Å². The van der Waals surface area contributed by atoms with Crippen molar-refractivity contribution in [3.63, 3.8) is 0 Å². The van der Waals surface area contributed by atoms with Gasteiger partial charge in [0.25, 0.3) is 0 Å². The van der Waals surface area contributed by atoms with Crippen molar-refractivity contribution in [2.24, 2.45) is 0 Å². The summed E-state index contributed by atoms with van der Waals surface area (Å²) in [5, 5.41) is 0.